The molecule has 6 nitrogen and oxygen atoms in total. The van der Waals surface area contributed by atoms with Gasteiger partial charge in [-0.25, -0.2) is 0 Å². The van der Waals surface area contributed by atoms with Crippen molar-refractivity contribution in [3.8, 4) is 0 Å². The van der Waals surface area contributed by atoms with Crippen LogP contribution in [-0.4, -0.2) is 21.5 Å². The summed E-state index contributed by atoms with van der Waals surface area (Å²) in [6, 6.07) is 0. The van der Waals surface area contributed by atoms with E-state index >= 15 is 0 Å². The SMILES string of the molecule is CC(S)NC(=O)c1c[nH][nH]c(=O)c1=O. The third-order valence-electron chi connectivity index (χ3n) is 1.44. The fourth-order valence-electron chi connectivity index (χ4n) is 0.855. The Bertz CT molecular complexity index is 448. The van der Waals surface area contributed by atoms with E-state index in [1.807, 2.05) is 0 Å². The van der Waals surface area contributed by atoms with E-state index < -0.39 is 16.9 Å². The first-order valence-electron chi connectivity index (χ1n) is 3.81. The maximum atomic E-state index is 11.3. The molecule has 1 aromatic rings. The minimum absolute atomic E-state index is 0.227. The highest BCUT2D eigenvalue weighted by Crippen LogP contribution is 1.90. The quantitative estimate of drug-likeness (QED) is 0.291. The molecule has 0 spiro atoms. The molecule has 14 heavy (non-hydrogen) atoms. The van der Waals surface area contributed by atoms with Gasteiger partial charge < -0.3 is 10.4 Å². The molecular weight excluding hydrogens is 206 g/mol. The van der Waals surface area contributed by atoms with Crippen LogP contribution in [0.1, 0.15) is 17.3 Å². The van der Waals surface area contributed by atoms with Gasteiger partial charge in [-0.2, -0.15) is 12.6 Å². The molecular formula is C7H9N3O3S. The summed E-state index contributed by atoms with van der Waals surface area (Å²) in [6.45, 7) is 1.63. The second kappa shape index (κ2) is 4.14. The number of H-pyrrole nitrogens is 2. The number of carbonyl (C=O) groups excluding carboxylic acids is 1. The van der Waals surface area contributed by atoms with Crippen LogP contribution >= 0.6 is 12.6 Å². The first-order valence-corrected chi connectivity index (χ1v) is 4.33. The van der Waals surface area contributed by atoms with Crippen LogP contribution in [0.15, 0.2) is 15.8 Å². The van der Waals surface area contributed by atoms with Gasteiger partial charge in [0.15, 0.2) is 0 Å². The lowest BCUT2D eigenvalue weighted by molar-refractivity contribution is 0.0950. The molecule has 0 aliphatic heterocycles. The number of aromatic amines is 2. The Balaban J connectivity index is 3.09. The number of nitrogens with one attached hydrogen (secondary N) is 3. The first-order chi connectivity index (χ1) is 6.52. The Morgan fingerprint density at radius 1 is 1.57 bits per heavy atom. The van der Waals surface area contributed by atoms with Gasteiger partial charge in [-0.1, -0.05) is 0 Å². The smallest absolute Gasteiger partial charge is 0.310 e. The highest BCUT2D eigenvalue weighted by molar-refractivity contribution is 7.80. The van der Waals surface area contributed by atoms with Crippen LogP contribution in [0.4, 0.5) is 0 Å². The van der Waals surface area contributed by atoms with E-state index in [2.05, 4.69) is 28.1 Å². The highest BCUT2D eigenvalue weighted by atomic mass is 32.1. The van der Waals surface area contributed by atoms with Gasteiger partial charge in [-0.05, 0) is 6.92 Å². The molecule has 0 aromatic carbocycles. The molecule has 0 saturated carbocycles. The van der Waals surface area contributed by atoms with Crippen LogP contribution in [-0.2, 0) is 0 Å². The minimum atomic E-state index is -0.866. The van der Waals surface area contributed by atoms with Crippen molar-refractivity contribution in [2.24, 2.45) is 0 Å². The summed E-state index contributed by atoms with van der Waals surface area (Å²) in [5.74, 6) is -0.625. The molecule has 0 radical (unpaired) electrons. The van der Waals surface area contributed by atoms with Crippen molar-refractivity contribution in [2.45, 2.75) is 12.3 Å². The van der Waals surface area contributed by atoms with Gasteiger partial charge in [0.05, 0.1) is 5.37 Å². The molecule has 3 N–H and O–H groups in total. The fraction of sp³-hybridized carbons (Fsp3) is 0.286. The maximum Gasteiger partial charge on any atom is 0.310 e. The zero-order chi connectivity index (χ0) is 10.7. The van der Waals surface area contributed by atoms with Gasteiger partial charge in [-0.3, -0.25) is 19.5 Å². The summed E-state index contributed by atoms with van der Waals surface area (Å²) in [7, 11) is 0. The molecule has 0 aliphatic rings. The lowest BCUT2D eigenvalue weighted by Gasteiger charge is -2.05. The lowest BCUT2D eigenvalue weighted by atomic mass is 10.3. The van der Waals surface area contributed by atoms with E-state index in [1.165, 1.54) is 0 Å². The second-order valence-corrected chi connectivity index (χ2v) is 3.41. The molecule has 1 unspecified atom stereocenters. The van der Waals surface area contributed by atoms with Crippen molar-refractivity contribution in [3.05, 3.63) is 32.3 Å². The summed E-state index contributed by atoms with van der Waals surface area (Å²) in [5, 5.41) is 6.35. The largest absolute Gasteiger partial charge is 0.341 e. The summed E-state index contributed by atoms with van der Waals surface area (Å²) >= 11 is 3.92. The fourth-order valence-corrected chi connectivity index (χ4v) is 0.972. The van der Waals surface area contributed by atoms with Crippen molar-refractivity contribution < 1.29 is 4.79 Å². The predicted octanol–water partition coefficient (Wildman–Crippen LogP) is -0.931. The molecule has 1 rings (SSSR count). The van der Waals surface area contributed by atoms with E-state index in [0.29, 0.717) is 0 Å². The first kappa shape index (κ1) is 10.6. The highest BCUT2D eigenvalue weighted by Gasteiger charge is 2.12. The average molecular weight is 215 g/mol. The zero-order valence-electron chi connectivity index (χ0n) is 7.33. The molecule has 1 amide bonds. The maximum absolute atomic E-state index is 11.3. The minimum Gasteiger partial charge on any atom is -0.341 e. The van der Waals surface area contributed by atoms with Gasteiger partial charge in [-0.15, -0.1) is 0 Å². The third kappa shape index (κ3) is 2.25. The van der Waals surface area contributed by atoms with Crippen LogP contribution in [0.5, 0.6) is 0 Å². The molecule has 0 saturated heterocycles. The van der Waals surface area contributed by atoms with Crippen LogP contribution in [0.3, 0.4) is 0 Å². The van der Waals surface area contributed by atoms with Crippen LogP contribution in [0.25, 0.3) is 0 Å². The predicted molar refractivity (Wildman–Crippen MR) is 53.6 cm³/mol. The number of carbonyl (C=O) groups is 1. The number of aromatic nitrogens is 2. The lowest BCUT2D eigenvalue weighted by Crippen LogP contribution is -2.38. The second-order valence-electron chi connectivity index (χ2n) is 2.64. The van der Waals surface area contributed by atoms with Gasteiger partial charge in [0.2, 0.25) is 0 Å². The summed E-state index contributed by atoms with van der Waals surface area (Å²) in [6.07, 6.45) is 1.13. The standard InChI is InChI=1S/C7H9N3O3S/c1-3(14)9-6(12)4-2-8-10-7(13)5(4)11/h2-3,14H,1H3,(H,8,11)(H,9,12)(H,10,13). The molecule has 1 heterocycles. The van der Waals surface area contributed by atoms with Crippen molar-refractivity contribution in [2.75, 3.05) is 0 Å². The van der Waals surface area contributed by atoms with Crippen LogP contribution in [0, 0.1) is 0 Å². The van der Waals surface area contributed by atoms with E-state index in [-0.39, 0.29) is 10.9 Å². The van der Waals surface area contributed by atoms with E-state index in [9.17, 15) is 14.4 Å². The molecule has 1 aromatic heterocycles. The number of amides is 1. The van der Waals surface area contributed by atoms with Crippen molar-refractivity contribution >= 4 is 18.5 Å². The van der Waals surface area contributed by atoms with Crippen molar-refractivity contribution in [3.63, 3.8) is 0 Å². The topological polar surface area (TPSA) is 94.8 Å². The number of thiol groups is 1. The van der Waals surface area contributed by atoms with Gasteiger partial charge in [0.1, 0.15) is 5.56 Å². The molecule has 1 atom stereocenters. The van der Waals surface area contributed by atoms with Crippen molar-refractivity contribution in [1.82, 2.24) is 15.5 Å². The number of hydrogen-bond donors (Lipinski definition) is 4. The Kier molecular flexibility index (Phi) is 3.13. The van der Waals surface area contributed by atoms with E-state index in [0.717, 1.165) is 6.20 Å². The average Bonchev–Trinajstić information content (AvgIpc) is 2.08. The van der Waals surface area contributed by atoms with Crippen molar-refractivity contribution in [1.29, 1.82) is 0 Å². The Labute approximate surface area is 84.1 Å². The van der Waals surface area contributed by atoms with Gasteiger partial charge >= 0.3 is 5.56 Å². The van der Waals surface area contributed by atoms with Crippen LogP contribution < -0.4 is 16.3 Å². The molecule has 7 heteroatoms. The molecule has 0 bridgehead atoms. The Morgan fingerprint density at radius 2 is 2.21 bits per heavy atom. The Hall–Kier alpha value is -1.50. The van der Waals surface area contributed by atoms with Gasteiger partial charge in [0.25, 0.3) is 11.3 Å². The molecule has 76 valence electrons. The normalized spacial score (nSPS) is 12.1. The summed E-state index contributed by atoms with van der Waals surface area (Å²) in [4.78, 5) is 33.3. The van der Waals surface area contributed by atoms with E-state index in [4.69, 9.17) is 0 Å². The van der Waals surface area contributed by atoms with Gasteiger partial charge in [0, 0.05) is 6.20 Å². The van der Waals surface area contributed by atoms with E-state index in [1.54, 1.807) is 6.92 Å². The third-order valence-corrected chi connectivity index (χ3v) is 1.57. The zero-order valence-corrected chi connectivity index (χ0v) is 8.22. The molecule has 0 fully saturated rings. The summed E-state index contributed by atoms with van der Waals surface area (Å²) < 4.78 is 0. The Morgan fingerprint density at radius 3 is 2.79 bits per heavy atom. The van der Waals surface area contributed by atoms with Crippen LogP contribution in [0.2, 0.25) is 0 Å². The molecule has 0 aliphatic carbocycles. The monoisotopic (exact) mass is 215 g/mol. The number of rotatable bonds is 2. The number of hydrogen-bond acceptors (Lipinski definition) is 4. The summed E-state index contributed by atoms with van der Waals surface area (Å²) in [5.41, 5.74) is -1.95.